The number of nitrogens with one attached hydrogen (secondary N) is 1. The van der Waals surface area contributed by atoms with Gasteiger partial charge in [-0.1, -0.05) is 12.1 Å². The van der Waals surface area contributed by atoms with Gasteiger partial charge >= 0.3 is 0 Å². The maximum Gasteiger partial charge on any atom is 0.257 e. The van der Waals surface area contributed by atoms with Gasteiger partial charge in [0, 0.05) is 19.8 Å². The second-order valence-corrected chi connectivity index (χ2v) is 4.94. The lowest BCUT2D eigenvalue weighted by Crippen LogP contribution is -2.28. The molecule has 0 aliphatic carbocycles. The number of rotatable bonds is 3. The maximum absolute atomic E-state index is 12.6. The van der Waals surface area contributed by atoms with Gasteiger partial charge in [-0.15, -0.1) is 0 Å². The van der Waals surface area contributed by atoms with Crippen LogP contribution in [0, 0.1) is 0 Å². The number of carbonyl (C=O) groups excluding carboxylic acids is 1. The SMILES string of the molecule is CN(Cc1ccccn1)C(=O)c1cccc2c1OCCN2. The van der Waals surface area contributed by atoms with Gasteiger partial charge in [-0.3, -0.25) is 9.78 Å². The lowest BCUT2D eigenvalue weighted by Gasteiger charge is -2.23. The van der Waals surface area contributed by atoms with Crippen LogP contribution in [0.5, 0.6) is 5.75 Å². The summed E-state index contributed by atoms with van der Waals surface area (Å²) in [4.78, 5) is 18.5. The maximum atomic E-state index is 12.6. The van der Waals surface area contributed by atoms with Gasteiger partial charge in [0.05, 0.1) is 23.5 Å². The fourth-order valence-electron chi connectivity index (χ4n) is 2.35. The Labute approximate surface area is 123 Å². The first kappa shape index (κ1) is 13.4. The van der Waals surface area contributed by atoms with E-state index in [1.54, 1.807) is 24.2 Å². The summed E-state index contributed by atoms with van der Waals surface area (Å²) >= 11 is 0. The van der Waals surface area contributed by atoms with E-state index in [9.17, 15) is 4.79 Å². The molecule has 1 aromatic heterocycles. The van der Waals surface area contributed by atoms with Crippen molar-refractivity contribution in [2.45, 2.75) is 6.54 Å². The largest absolute Gasteiger partial charge is 0.489 e. The summed E-state index contributed by atoms with van der Waals surface area (Å²) in [6, 6.07) is 11.3. The van der Waals surface area contributed by atoms with E-state index in [-0.39, 0.29) is 5.91 Å². The van der Waals surface area contributed by atoms with E-state index in [1.807, 2.05) is 30.3 Å². The molecule has 0 radical (unpaired) electrons. The van der Waals surface area contributed by atoms with Crippen molar-refractivity contribution in [3.63, 3.8) is 0 Å². The monoisotopic (exact) mass is 283 g/mol. The molecule has 1 aliphatic heterocycles. The molecule has 108 valence electrons. The van der Waals surface area contributed by atoms with Gasteiger partial charge < -0.3 is 15.0 Å². The van der Waals surface area contributed by atoms with E-state index >= 15 is 0 Å². The molecule has 0 atom stereocenters. The van der Waals surface area contributed by atoms with Crippen LogP contribution in [0.2, 0.25) is 0 Å². The molecule has 0 spiro atoms. The number of anilines is 1. The number of para-hydroxylation sites is 1. The molecule has 2 aromatic rings. The second-order valence-electron chi connectivity index (χ2n) is 4.94. The molecular formula is C16H17N3O2. The fraction of sp³-hybridized carbons (Fsp3) is 0.250. The van der Waals surface area contributed by atoms with Gasteiger partial charge in [-0.2, -0.15) is 0 Å². The third-order valence-electron chi connectivity index (χ3n) is 3.38. The predicted octanol–water partition coefficient (Wildman–Crippen LogP) is 2.16. The molecule has 3 rings (SSSR count). The molecular weight excluding hydrogens is 266 g/mol. The minimum absolute atomic E-state index is 0.0683. The Morgan fingerprint density at radius 2 is 2.24 bits per heavy atom. The van der Waals surface area contributed by atoms with Crippen LogP contribution in [0.1, 0.15) is 16.1 Å². The van der Waals surface area contributed by atoms with E-state index in [0.29, 0.717) is 24.5 Å². The number of pyridine rings is 1. The molecule has 5 nitrogen and oxygen atoms in total. The van der Waals surface area contributed by atoms with Crippen LogP contribution in [-0.2, 0) is 6.54 Å². The summed E-state index contributed by atoms with van der Waals surface area (Å²) in [7, 11) is 1.77. The van der Waals surface area contributed by atoms with Gasteiger partial charge in [0.15, 0.2) is 5.75 Å². The van der Waals surface area contributed by atoms with E-state index in [0.717, 1.165) is 17.9 Å². The van der Waals surface area contributed by atoms with E-state index in [2.05, 4.69) is 10.3 Å². The number of amides is 1. The highest BCUT2D eigenvalue weighted by Crippen LogP contribution is 2.31. The molecule has 2 heterocycles. The highest BCUT2D eigenvalue weighted by atomic mass is 16.5. The van der Waals surface area contributed by atoms with Crippen LogP contribution in [0.4, 0.5) is 5.69 Å². The van der Waals surface area contributed by atoms with E-state index < -0.39 is 0 Å². The van der Waals surface area contributed by atoms with Crippen molar-refractivity contribution in [1.29, 1.82) is 0 Å². The van der Waals surface area contributed by atoms with Crippen molar-refractivity contribution in [3.8, 4) is 5.75 Å². The molecule has 0 unspecified atom stereocenters. The Hall–Kier alpha value is -2.56. The first-order valence-electron chi connectivity index (χ1n) is 6.91. The van der Waals surface area contributed by atoms with Crippen molar-refractivity contribution in [1.82, 2.24) is 9.88 Å². The lowest BCUT2D eigenvalue weighted by atomic mass is 10.1. The van der Waals surface area contributed by atoms with Crippen molar-refractivity contribution in [2.24, 2.45) is 0 Å². The quantitative estimate of drug-likeness (QED) is 0.938. The van der Waals surface area contributed by atoms with Crippen molar-refractivity contribution >= 4 is 11.6 Å². The second kappa shape index (κ2) is 5.83. The minimum atomic E-state index is -0.0683. The van der Waals surface area contributed by atoms with Gasteiger partial charge in [-0.25, -0.2) is 0 Å². The molecule has 1 aromatic carbocycles. The predicted molar refractivity (Wildman–Crippen MR) is 80.5 cm³/mol. The molecule has 21 heavy (non-hydrogen) atoms. The zero-order valence-electron chi connectivity index (χ0n) is 11.9. The number of hydrogen-bond acceptors (Lipinski definition) is 4. The Morgan fingerprint density at radius 3 is 3.05 bits per heavy atom. The summed E-state index contributed by atoms with van der Waals surface area (Å²) in [5.41, 5.74) is 2.31. The van der Waals surface area contributed by atoms with Crippen LogP contribution in [0.3, 0.4) is 0 Å². The number of fused-ring (bicyclic) bond motifs is 1. The Bertz CT molecular complexity index is 643. The molecule has 1 aliphatic rings. The Kier molecular flexibility index (Phi) is 3.73. The molecule has 0 saturated heterocycles. The Morgan fingerprint density at radius 1 is 1.33 bits per heavy atom. The summed E-state index contributed by atoms with van der Waals surface area (Å²) in [5, 5.41) is 3.24. The van der Waals surface area contributed by atoms with Gasteiger partial charge in [-0.05, 0) is 24.3 Å². The number of nitrogens with zero attached hydrogens (tertiary/aromatic N) is 2. The van der Waals surface area contributed by atoms with E-state index in [4.69, 9.17) is 4.74 Å². The van der Waals surface area contributed by atoms with Crippen molar-refractivity contribution < 1.29 is 9.53 Å². The van der Waals surface area contributed by atoms with Gasteiger partial charge in [0.2, 0.25) is 0 Å². The van der Waals surface area contributed by atoms with Crippen molar-refractivity contribution in [2.75, 3.05) is 25.5 Å². The van der Waals surface area contributed by atoms with Crippen LogP contribution >= 0.6 is 0 Å². The smallest absolute Gasteiger partial charge is 0.257 e. The number of ether oxygens (including phenoxy) is 1. The summed E-state index contributed by atoms with van der Waals surface area (Å²) in [6.07, 6.45) is 1.73. The molecule has 1 amide bonds. The highest BCUT2D eigenvalue weighted by Gasteiger charge is 2.21. The summed E-state index contributed by atoms with van der Waals surface area (Å²) in [5.74, 6) is 0.572. The normalized spacial score (nSPS) is 12.8. The third-order valence-corrected chi connectivity index (χ3v) is 3.38. The third kappa shape index (κ3) is 2.81. The Balaban J connectivity index is 1.82. The average Bonchev–Trinajstić information content (AvgIpc) is 2.54. The molecule has 1 N–H and O–H groups in total. The molecule has 0 bridgehead atoms. The standard InChI is InChI=1S/C16H17N3O2/c1-19(11-12-5-2-3-8-17-12)16(20)13-6-4-7-14-15(13)21-10-9-18-14/h2-8,18H,9-11H2,1H3. The van der Waals surface area contributed by atoms with Crippen LogP contribution < -0.4 is 10.1 Å². The fourth-order valence-corrected chi connectivity index (χ4v) is 2.35. The van der Waals surface area contributed by atoms with E-state index in [1.165, 1.54) is 0 Å². The first-order chi connectivity index (χ1) is 10.3. The highest BCUT2D eigenvalue weighted by molar-refractivity contribution is 5.98. The number of carbonyl (C=O) groups is 1. The van der Waals surface area contributed by atoms with Gasteiger partial charge in [0.25, 0.3) is 5.91 Å². The number of hydrogen-bond donors (Lipinski definition) is 1. The zero-order valence-corrected chi connectivity index (χ0v) is 11.9. The van der Waals surface area contributed by atoms with Gasteiger partial charge in [0.1, 0.15) is 6.61 Å². The first-order valence-corrected chi connectivity index (χ1v) is 6.91. The lowest BCUT2D eigenvalue weighted by molar-refractivity contribution is 0.0779. The number of aromatic nitrogens is 1. The molecule has 0 fully saturated rings. The van der Waals surface area contributed by atoms with Crippen LogP contribution in [0.25, 0.3) is 0 Å². The molecule has 0 saturated carbocycles. The summed E-state index contributed by atoms with van der Waals surface area (Å²) < 4.78 is 5.65. The minimum Gasteiger partial charge on any atom is -0.489 e. The van der Waals surface area contributed by atoms with Crippen molar-refractivity contribution in [3.05, 3.63) is 53.9 Å². The zero-order chi connectivity index (χ0) is 14.7. The number of benzene rings is 1. The topological polar surface area (TPSA) is 54.5 Å². The van der Waals surface area contributed by atoms with Crippen LogP contribution in [-0.4, -0.2) is 36.0 Å². The van der Waals surface area contributed by atoms with Crippen LogP contribution in [0.15, 0.2) is 42.6 Å². The molecule has 5 heteroatoms. The summed E-state index contributed by atoms with van der Waals surface area (Å²) in [6.45, 7) is 1.80. The average molecular weight is 283 g/mol.